The fraction of sp³-hybridized carbons (Fsp3) is 0.474. The van der Waals surface area contributed by atoms with Gasteiger partial charge in [-0.3, -0.25) is 28.6 Å². The Bertz CT molecular complexity index is 913. The summed E-state index contributed by atoms with van der Waals surface area (Å²) in [7, 11) is 2.88. The van der Waals surface area contributed by atoms with Crippen LogP contribution in [0.15, 0.2) is 40.2 Å². The second-order valence-electron chi connectivity index (χ2n) is 6.88. The molecule has 0 radical (unpaired) electrons. The Morgan fingerprint density at radius 3 is 2.59 bits per heavy atom. The van der Waals surface area contributed by atoms with Crippen LogP contribution in [0.4, 0.5) is 0 Å². The lowest BCUT2D eigenvalue weighted by Crippen LogP contribution is -2.44. The number of pyridine rings is 1. The number of nitrogens with zero attached hydrogens (tertiary/aromatic N) is 4. The van der Waals surface area contributed by atoms with Gasteiger partial charge in [0.2, 0.25) is 0 Å². The summed E-state index contributed by atoms with van der Waals surface area (Å²) in [6.45, 7) is 2.33. The molecule has 8 nitrogen and oxygen atoms in total. The first-order valence-corrected chi connectivity index (χ1v) is 9.18. The third kappa shape index (κ3) is 4.16. The molecule has 1 aliphatic rings. The smallest absolute Gasteiger partial charge is 0.331 e. The Morgan fingerprint density at radius 2 is 1.93 bits per heavy atom. The molecule has 3 heterocycles. The monoisotopic (exact) mass is 371 g/mol. The van der Waals surface area contributed by atoms with Crippen molar-refractivity contribution in [3.05, 3.63) is 62.7 Å². The first kappa shape index (κ1) is 19.0. The number of hydrogen-bond donors (Lipinski definition) is 1. The maximum Gasteiger partial charge on any atom is 0.331 e. The molecule has 1 saturated heterocycles. The summed E-state index contributed by atoms with van der Waals surface area (Å²) in [5, 5.41) is 2.89. The van der Waals surface area contributed by atoms with Gasteiger partial charge in [-0.2, -0.15) is 0 Å². The predicted molar refractivity (Wildman–Crippen MR) is 102 cm³/mol. The fourth-order valence-electron chi connectivity index (χ4n) is 3.49. The lowest BCUT2D eigenvalue weighted by atomic mass is 10.0. The van der Waals surface area contributed by atoms with E-state index in [1.165, 1.54) is 31.1 Å². The van der Waals surface area contributed by atoms with E-state index in [1.54, 1.807) is 6.20 Å². The summed E-state index contributed by atoms with van der Waals surface area (Å²) >= 11 is 0. The zero-order chi connectivity index (χ0) is 19.4. The maximum absolute atomic E-state index is 12.6. The van der Waals surface area contributed by atoms with Crippen molar-refractivity contribution in [1.82, 2.24) is 24.3 Å². The van der Waals surface area contributed by atoms with Crippen molar-refractivity contribution in [2.45, 2.75) is 25.3 Å². The zero-order valence-electron chi connectivity index (χ0n) is 15.7. The molecular weight excluding hydrogens is 346 g/mol. The van der Waals surface area contributed by atoms with Crippen LogP contribution < -0.4 is 16.6 Å². The number of carbonyl (C=O) groups excluding carboxylic acids is 1. The van der Waals surface area contributed by atoms with Crippen molar-refractivity contribution < 1.29 is 4.79 Å². The molecule has 8 heteroatoms. The van der Waals surface area contributed by atoms with E-state index in [0.29, 0.717) is 6.54 Å². The maximum atomic E-state index is 12.6. The Hall–Kier alpha value is -2.74. The molecule has 144 valence electrons. The van der Waals surface area contributed by atoms with Crippen molar-refractivity contribution in [2.75, 3.05) is 19.6 Å². The van der Waals surface area contributed by atoms with Gasteiger partial charge in [0.15, 0.2) is 0 Å². The third-order valence-corrected chi connectivity index (χ3v) is 5.12. The Balaban J connectivity index is 1.80. The molecule has 1 aliphatic heterocycles. The summed E-state index contributed by atoms with van der Waals surface area (Å²) in [6.07, 6.45) is 7.03. The highest BCUT2D eigenvalue weighted by Gasteiger charge is 2.24. The number of aromatic nitrogens is 3. The van der Waals surface area contributed by atoms with Crippen molar-refractivity contribution in [2.24, 2.45) is 14.1 Å². The molecule has 0 spiro atoms. The number of hydrogen-bond acceptors (Lipinski definition) is 5. The molecule has 0 aliphatic carbocycles. The summed E-state index contributed by atoms with van der Waals surface area (Å²) in [5.41, 5.74) is 0.0832. The van der Waals surface area contributed by atoms with Crippen LogP contribution in [0.25, 0.3) is 0 Å². The molecule has 1 fully saturated rings. The average molecular weight is 371 g/mol. The summed E-state index contributed by atoms with van der Waals surface area (Å²) in [5.74, 6) is -0.432. The molecule has 3 rings (SSSR count). The normalized spacial score (nSPS) is 16.1. The molecular formula is C19H25N5O3. The second-order valence-corrected chi connectivity index (χ2v) is 6.88. The van der Waals surface area contributed by atoms with Crippen LogP contribution in [0.5, 0.6) is 0 Å². The SMILES string of the molecule is Cn1c(C(=O)NC[C@H](c2cccnc2)N2CCCCC2)cc(=O)n(C)c1=O. The molecule has 1 atom stereocenters. The summed E-state index contributed by atoms with van der Waals surface area (Å²) < 4.78 is 2.17. The van der Waals surface area contributed by atoms with Gasteiger partial charge in [0.25, 0.3) is 11.5 Å². The van der Waals surface area contributed by atoms with E-state index in [1.807, 2.05) is 18.3 Å². The van der Waals surface area contributed by atoms with Gasteiger partial charge in [0, 0.05) is 39.1 Å². The number of nitrogens with one attached hydrogen (secondary N) is 1. The van der Waals surface area contributed by atoms with Gasteiger partial charge in [-0.25, -0.2) is 4.79 Å². The van der Waals surface area contributed by atoms with Crippen molar-refractivity contribution in [3.8, 4) is 0 Å². The van der Waals surface area contributed by atoms with Crippen LogP contribution in [0.3, 0.4) is 0 Å². The van der Waals surface area contributed by atoms with Crippen LogP contribution in [-0.4, -0.2) is 44.6 Å². The number of rotatable bonds is 5. The van der Waals surface area contributed by atoms with E-state index in [4.69, 9.17) is 0 Å². The van der Waals surface area contributed by atoms with E-state index in [0.717, 1.165) is 36.1 Å². The highest BCUT2D eigenvalue weighted by molar-refractivity contribution is 5.92. The molecule has 1 amide bonds. The minimum Gasteiger partial charge on any atom is -0.349 e. The van der Waals surface area contributed by atoms with Gasteiger partial charge in [-0.1, -0.05) is 12.5 Å². The second kappa shape index (κ2) is 8.30. The highest BCUT2D eigenvalue weighted by Crippen LogP contribution is 2.23. The van der Waals surface area contributed by atoms with E-state index in [2.05, 4.69) is 15.2 Å². The molecule has 1 N–H and O–H groups in total. The summed E-state index contributed by atoms with van der Waals surface area (Å²) in [4.78, 5) is 43.1. The van der Waals surface area contributed by atoms with Crippen molar-refractivity contribution >= 4 is 5.91 Å². The largest absolute Gasteiger partial charge is 0.349 e. The van der Waals surface area contributed by atoms with Crippen molar-refractivity contribution in [3.63, 3.8) is 0 Å². The van der Waals surface area contributed by atoms with Gasteiger partial charge < -0.3 is 5.32 Å². The van der Waals surface area contributed by atoms with Crippen molar-refractivity contribution in [1.29, 1.82) is 0 Å². The van der Waals surface area contributed by atoms with Crippen LogP contribution in [-0.2, 0) is 14.1 Å². The molecule has 27 heavy (non-hydrogen) atoms. The molecule has 0 unspecified atom stereocenters. The number of likely N-dealkylation sites (tertiary alicyclic amines) is 1. The quantitative estimate of drug-likeness (QED) is 0.824. The lowest BCUT2D eigenvalue weighted by molar-refractivity contribution is 0.0914. The number of amides is 1. The topological polar surface area (TPSA) is 89.2 Å². The predicted octanol–water partition coefficient (Wildman–Crippen LogP) is 0.436. The Labute approximate surface area is 157 Å². The Morgan fingerprint density at radius 1 is 1.19 bits per heavy atom. The minimum atomic E-state index is -0.521. The van der Waals surface area contributed by atoms with Gasteiger partial charge in [-0.05, 0) is 37.6 Å². The Kier molecular flexibility index (Phi) is 5.85. The van der Waals surface area contributed by atoms with E-state index in [-0.39, 0.29) is 11.7 Å². The van der Waals surface area contributed by atoms with E-state index in [9.17, 15) is 14.4 Å². The van der Waals surface area contributed by atoms with Gasteiger partial charge >= 0.3 is 5.69 Å². The molecule has 0 aromatic carbocycles. The minimum absolute atomic E-state index is 0.00604. The van der Waals surface area contributed by atoms with Gasteiger partial charge in [-0.15, -0.1) is 0 Å². The molecule has 2 aromatic heterocycles. The van der Waals surface area contributed by atoms with Crippen LogP contribution >= 0.6 is 0 Å². The highest BCUT2D eigenvalue weighted by atomic mass is 16.2. The zero-order valence-corrected chi connectivity index (χ0v) is 15.7. The fourth-order valence-corrected chi connectivity index (χ4v) is 3.49. The van der Waals surface area contributed by atoms with Crippen LogP contribution in [0.2, 0.25) is 0 Å². The molecule has 0 saturated carbocycles. The van der Waals surface area contributed by atoms with Gasteiger partial charge in [0.1, 0.15) is 5.69 Å². The van der Waals surface area contributed by atoms with Crippen LogP contribution in [0.1, 0.15) is 41.4 Å². The number of piperidine rings is 1. The molecule has 0 bridgehead atoms. The summed E-state index contributed by atoms with van der Waals surface area (Å²) in [6, 6.07) is 5.09. The average Bonchev–Trinajstić information content (AvgIpc) is 2.70. The van der Waals surface area contributed by atoms with E-state index >= 15 is 0 Å². The standard InChI is InChI=1S/C19H25N5O3/c1-22-15(11-17(25)23(2)19(22)27)18(26)21-13-16(14-7-6-8-20-12-14)24-9-4-3-5-10-24/h6-8,11-12,16H,3-5,9-10,13H2,1-2H3,(H,21,26)/t16-/m1/s1. The van der Waals surface area contributed by atoms with Crippen LogP contribution in [0, 0.1) is 0 Å². The van der Waals surface area contributed by atoms with E-state index < -0.39 is 17.2 Å². The third-order valence-electron chi connectivity index (χ3n) is 5.12. The van der Waals surface area contributed by atoms with Gasteiger partial charge in [0.05, 0.1) is 6.04 Å². The lowest BCUT2D eigenvalue weighted by Gasteiger charge is -2.34. The molecule has 2 aromatic rings. The first-order chi connectivity index (χ1) is 13.0. The first-order valence-electron chi connectivity index (χ1n) is 9.18. The number of carbonyl (C=O) groups is 1.